The number of terminal acetylenes is 1. The van der Waals surface area contributed by atoms with Gasteiger partial charge in [0.1, 0.15) is 0 Å². The van der Waals surface area contributed by atoms with Crippen molar-refractivity contribution in [3.8, 4) is 12.3 Å². The third-order valence-electron chi connectivity index (χ3n) is 2.20. The molecule has 1 heteroatoms. The molecule has 0 aliphatic heterocycles. The minimum Gasteiger partial charge on any atom is -0.313 e. The molecule has 0 aromatic carbocycles. The molecular weight excluding hydrogens is 158 g/mol. The summed E-state index contributed by atoms with van der Waals surface area (Å²) < 4.78 is 0. The molecule has 0 aliphatic carbocycles. The molecule has 0 bridgehead atoms. The minimum atomic E-state index is 0.552. The number of unbranched alkanes of at least 4 members (excludes halogenated alkanes) is 2. The molecule has 0 radical (unpaired) electrons. The maximum absolute atomic E-state index is 5.32. The van der Waals surface area contributed by atoms with Gasteiger partial charge >= 0.3 is 0 Å². The van der Waals surface area contributed by atoms with Crippen LogP contribution in [0.1, 0.15) is 52.4 Å². The van der Waals surface area contributed by atoms with Crippen LogP contribution in [0.3, 0.4) is 0 Å². The van der Waals surface area contributed by atoms with Gasteiger partial charge in [-0.1, -0.05) is 33.1 Å². The average molecular weight is 181 g/mol. The summed E-state index contributed by atoms with van der Waals surface area (Å²) in [7, 11) is 0. The van der Waals surface area contributed by atoms with E-state index in [-0.39, 0.29) is 0 Å². The van der Waals surface area contributed by atoms with Gasteiger partial charge in [-0.3, -0.25) is 0 Å². The Kier molecular flexibility index (Phi) is 9.25. The molecule has 0 aliphatic rings. The third kappa shape index (κ3) is 7.87. The average Bonchev–Trinajstić information content (AvgIpc) is 2.14. The topological polar surface area (TPSA) is 12.0 Å². The van der Waals surface area contributed by atoms with Crippen molar-refractivity contribution < 1.29 is 0 Å². The number of hydrogen-bond acceptors (Lipinski definition) is 1. The monoisotopic (exact) mass is 181 g/mol. The molecule has 0 aromatic rings. The molecule has 76 valence electrons. The maximum Gasteiger partial charge on any atom is 0.0240 e. The molecule has 13 heavy (non-hydrogen) atoms. The molecule has 0 fully saturated rings. The van der Waals surface area contributed by atoms with Crippen LogP contribution < -0.4 is 5.32 Å². The van der Waals surface area contributed by atoms with E-state index in [0.717, 1.165) is 13.0 Å². The summed E-state index contributed by atoms with van der Waals surface area (Å²) in [5, 5.41) is 3.49. The van der Waals surface area contributed by atoms with Gasteiger partial charge in [0.15, 0.2) is 0 Å². The van der Waals surface area contributed by atoms with Crippen molar-refractivity contribution in [3.05, 3.63) is 0 Å². The second-order valence-corrected chi connectivity index (χ2v) is 3.56. The number of nitrogens with one attached hydrogen (secondary N) is 1. The molecule has 0 rings (SSSR count). The molecule has 1 N–H and O–H groups in total. The second-order valence-electron chi connectivity index (χ2n) is 3.56. The van der Waals surface area contributed by atoms with Crippen molar-refractivity contribution in [1.82, 2.24) is 5.32 Å². The van der Waals surface area contributed by atoms with Crippen molar-refractivity contribution >= 4 is 0 Å². The smallest absolute Gasteiger partial charge is 0.0240 e. The van der Waals surface area contributed by atoms with Crippen LogP contribution in [0.15, 0.2) is 0 Å². The lowest BCUT2D eigenvalue weighted by Gasteiger charge is -2.15. The third-order valence-corrected chi connectivity index (χ3v) is 2.20. The Balaban J connectivity index is 3.48. The molecule has 0 spiro atoms. The zero-order chi connectivity index (χ0) is 9.94. The predicted molar refractivity (Wildman–Crippen MR) is 59.7 cm³/mol. The van der Waals surface area contributed by atoms with Crippen LogP contribution in [0.4, 0.5) is 0 Å². The van der Waals surface area contributed by atoms with Crippen LogP contribution in [-0.2, 0) is 0 Å². The van der Waals surface area contributed by atoms with E-state index in [1.54, 1.807) is 0 Å². The van der Waals surface area contributed by atoms with Gasteiger partial charge in [0.05, 0.1) is 0 Å². The summed E-state index contributed by atoms with van der Waals surface area (Å²) in [6.07, 6.45) is 12.5. The van der Waals surface area contributed by atoms with Crippen molar-refractivity contribution in [2.24, 2.45) is 0 Å². The van der Waals surface area contributed by atoms with E-state index in [9.17, 15) is 0 Å². The summed E-state index contributed by atoms with van der Waals surface area (Å²) in [5.74, 6) is 2.74. The quantitative estimate of drug-likeness (QED) is 0.448. The molecule has 0 saturated carbocycles. The molecule has 1 unspecified atom stereocenters. The van der Waals surface area contributed by atoms with E-state index >= 15 is 0 Å². The SMILES string of the molecule is C#CCC(CCCCC)NCCC. The first kappa shape index (κ1) is 12.5. The first-order chi connectivity index (χ1) is 6.35. The van der Waals surface area contributed by atoms with Gasteiger partial charge in [-0.05, 0) is 19.4 Å². The molecule has 0 aromatic heterocycles. The van der Waals surface area contributed by atoms with Gasteiger partial charge < -0.3 is 5.32 Å². The fraction of sp³-hybridized carbons (Fsp3) is 0.833. The van der Waals surface area contributed by atoms with Crippen LogP contribution in [0.5, 0.6) is 0 Å². The predicted octanol–water partition coefficient (Wildman–Crippen LogP) is 2.96. The van der Waals surface area contributed by atoms with Crippen molar-refractivity contribution in [3.63, 3.8) is 0 Å². The maximum atomic E-state index is 5.32. The molecule has 1 nitrogen and oxygen atoms in total. The Labute approximate surface area is 83.3 Å². The molecule has 1 atom stereocenters. The molecule has 0 saturated heterocycles. The highest BCUT2D eigenvalue weighted by Gasteiger charge is 2.04. The first-order valence-corrected chi connectivity index (χ1v) is 5.52. The van der Waals surface area contributed by atoms with E-state index in [1.165, 1.54) is 32.1 Å². The highest BCUT2D eigenvalue weighted by molar-refractivity contribution is 4.89. The summed E-state index contributed by atoms with van der Waals surface area (Å²) in [6, 6.07) is 0.552. The molecular formula is C12H23N. The van der Waals surface area contributed by atoms with Gasteiger partial charge in [-0.15, -0.1) is 12.3 Å². The zero-order valence-electron chi connectivity index (χ0n) is 9.10. The lowest BCUT2D eigenvalue weighted by atomic mass is 10.1. The van der Waals surface area contributed by atoms with Gasteiger partial charge in [-0.2, -0.15) is 0 Å². The zero-order valence-corrected chi connectivity index (χ0v) is 9.10. The van der Waals surface area contributed by atoms with Gasteiger partial charge in [0.2, 0.25) is 0 Å². The number of rotatable bonds is 8. The number of hydrogen-bond donors (Lipinski definition) is 1. The Bertz CT molecular complexity index is 135. The fourth-order valence-corrected chi connectivity index (χ4v) is 1.41. The summed E-state index contributed by atoms with van der Waals surface area (Å²) in [5.41, 5.74) is 0. The lowest BCUT2D eigenvalue weighted by molar-refractivity contribution is 0.466. The highest BCUT2D eigenvalue weighted by atomic mass is 14.9. The molecule has 0 amide bonds. The second kappa shape index (κ2) is 9.61. The van der Waals surface area contributed by atoms with E-state index in [4.69, 9.17) is 6.42 Å². The Morgan fingerprint density at radius 1 is 1.23 bits per heavy atom. The minimum absolute atomic E-state index is 0.552. The van der Waals surface area contributed by atoms with Crippen LogP contribution in [-0.4, -0.2) is 12.6 Å². The fourth-order valence-electron chi connectivity index (χ4n) is 1.41. The van der Waals surface area contributed by atoms with Gasteiger partial charge in [0, 0.05) is 12.5 Å². The summed E-state index contributed by atoms with van der Waals surface area (Å²) >= 11 is 0. The van der Waals surface area contributed by atoms with E-state index < -0.39 is 0 Å². The summed E-state index contributed by atoms with van der Waals surface area (Å²) in [4.78, 5) is 0. The van der Waals surface area contributed by atoms with Crippen LogP contribution >= 0.6 is 0 Å². The van der Waals surface area contributed by atoms with E-state index in [0.29, 0.717) is 6.04 Å². The van der Waals surface area contributed by atoms with Crippen LogP contribution in [0, 0.1) is 12.3 Å². The van der Waals surface area contributed by atoms with E-state index in [1.807, 2.05) is 0 Å². The van der Waals surface area contributed by atoms with E-state index in [2.05, 4.69) is 25.1 Å². The first-order valence-electron chi connectivity index (χ1n) is 5.52. The van der Waals surface area contributed by atoms with Crippen molar-refractivity contribution in [2.45, 2.75) is 58.4 Å². The van der Waals surface area contributed by atoms with Crippen LogP contribution in [0.2, 0.25) is 0 Å². The Hall–Kier alpha value is -0.480. The Morgan fingerprint density at radius 2 is 2.00 bits per heavy atom. The van der Waals surface area contributed by atoms with Gasteiger partial charge in [-0.25, -0.2) is 0 Å². The standard InChI is InChI=1S/C12H23N/c1-4-7-8-10-12(9-5-2)13-11-6-3/h2,12-13H,4,6-11H2,1,3H3. The van der Waals surface area contributed by atoms with Crippen molar-refractivity contribution in [2.75, 3.05) is 6.54 Å². The lowest BCUT2D eigenvalue weighted by Crippen LogP contribution is -2.29. The molecule has 0 heterocycles. The highest BCUT2D eigenvalue weighted by Crippen LogP contribution is 2.05. The van der Waals surface area contributed by atoms with Crippen molar-refractivity contribution in [1.29, 1.82) is 0 Å². The van der Waals surface area contributed by atoms with Gasteiger partial charge in [0.25, 0.3) is 0 Å². The summed E-state index contributed by atoms with van der Waals surface area (Å²) in [6.45, 7) is 5.51. The van der Waals surface area contributed by atoms with Crippen LogP contribution in [0.25, 0.3) is 0 Å². The normalized spacial score (nSPS) is 12.4. The largest absolute Gasteiger partial charge is 0.313 e. The Morgan fingerprint density at radius 3 is 2.54 bits per heavy atom.